The minimum absolute atomic E-state index is 0.111. The summed E-state index contributed by atoms with van der Waals surface area (Å²) in [5.41, 5.74) is 0. The number of hydrogen-bond donors (Lipinski definition) is 4. The van der Waals surface area contributed by atoms with E-state index in [1.54, 1.807) is 0 Å². The summed E-state index contributed by atoms with van der Waals surface area (Å²) in [6.45, 7) is 4.55. The highest BCUT2D eigenvalue weighted by atomic mass is 16.7. The second-order valence-corrected chi connectivity index (χ2v) is 15.5. The zero-order chi connectivity index (χ0) is 38.6. The number of aliphatic hydroxyl groups excluding tert-OH is 4. The number of ether oxygens (including phenoxy) is 4. The van der Waals surface area contributed by atoms with Crippen molar-refractivity contribution >= 4 is 5.97 Å². The molecule has 6 unspecified atom stereocenters. The van der Waals surface area contributed by atoms with Gasteiger partial charge in [-0.1, -0.05) is 167 Å². The molecular weight excluding hydrogens is 672 g/mol. The van der Waals surface area contributed by atoms with Crippen LogP contribution in [-0.4, -0.2) is 89.6 Å². The third kappa shape index (κ3) is 28.1. The Hall–Kier alpha value is -1.07. The molecule has 6 atom stereocenters. The van der Waals surface area contributed by atoms with Crippen LogP contribution in [-0.2, 0) is 23.7 Å². The van der Waals surface area contributed by atoms with Crippen molar-refractivity contribution in [1.82, 2.24) is 0 Å². The Morgan fingerprint density at radius 1 is 0.585 bits per heavy atom. The van der Waals surface area contributed by atoms with Crippen LogP contribution in [0.4, 0.5) is 0 Å². The molecule has 4 N–H and O–H groups in total. The molecule has 1 saturated heterocycles. The Labute approximate surface area is 325 Å². The molecule has 1 aliphatic heterocycles. The second kappa shape index (κ2) is 36.6. The first-order chi connectivity index (χ1) is 25.9. The first-order valence-electron chi connectivity index (χ1n) is 22.3. The van der Waals surface area contributed by atoms with Crippen molar-refractivity contribution in [1.29, 1.82) is 0 Å². The molecule has 0 aromatic carbocycles. The van der Waals surface area contributed by atoms with E-state index in [1.165, 1.54) is 148 Å². The average Bonchev–Trinajstić information content (AvgIpc) is 3.16. The summed E-state index contributed by atoms with van der Waals surface area (Å²) < 4.78 is 22.8. The summed E-state index contributed by atoms with van der Waals surface area (Å²) in [5.74, 6) is -0.312. The molecular formula is C44H84O9. The molecule has 0 spiro atoms. The van der Waals surface area contributed by atoms with Crippen LogP contribution in [0.5, 0.6) is 0 Å². The van der Waals surface area contributed by atoms with E-state index in [0.717, 1.165) is 32.1 Å². The van der Waals surface area contributed by atoms with Crippen LogP contribution in [0.3, 0.4) is 0 Å². The van der Waals surface area contributed by atoms with Crippen molar-refractivity contribution in [3.63, 3.8) is 0 Å². The molecule has 0 aliphatic carbocycles. The van der Waals surface area contributed by atoms with E-state index in [1.807, 2.05) is 0 Å². The standard InChI is InChI=1S/C44H84O9/c1-3-5-7-9-11-13-15-17-18-19-20-21-23-25-27-29-31-33-40(46)52-38(37-51-44-43(49)42(48)41(47)39(35-45)53-44)36-50-34-32-30-28-26-24-22-16-14-12-10-8-6-4-2/h12,14,38-39,41-45,47-49H,3-11,13,15-37H2,1-2H3/b14-12-. The summed E-state index contributed by atoms with van der Waals surface area (Å²) in [6.07, 6.45) is 32.3. The number of carbonyl (C=O) groups is 1. The highest BCUT2D eigenvalue weighted by Crippen LogP contribution is 2.23. The molecule has 1 rings (SSSR count). The quantitative estimate of drug-likeness (QED) is 0.0276. The van der Waals surface area contributed by atoms with Gasteiger partial charge in [0.2, 0.25) is 0 Å². The van der Waals surface area contributed by atoms with Gasteiger partial charge in [-0.25, -0.2) is 0 Å². The minimum Gasteiger partial charge on any atom is -0.457 e. The average molecular weight is 757 g/mol. The fourth-order valence-corrected chi connectivity index (χ4v) is 6.90. The number of unbranched alkanes of at least 4 members (excludes halogenated alkanes) is 25. The number of aliphatic hydroxyl groups is 4. The highest BCUT2D eigenvalue weighted by molar-refractivity contribution is 5.69. The lowest BCUT2D eigenvalue weighted by molar-refractivity contribution is -0.305. The van der Waals surface area contributed by atoms with Crippen LogP contribution in [0, 0.1) is 0 Å². The van der Waals surface area contributed by atoms with Crippen molar-refractivity contribution in [2.24, 2.45) is 0 Å². The zero-order valence-corrected chi connectivity index (χ0v) is 34.3. The Morgan fingerprint density at radius 3 is 1.57 bits per heavy atom. The molecule has 53 heavy (non-hydrogen) atoms. The predicted octanol–water partition coefficient (Wildman–Crippen LogP) is 9.64. The third-order valence-electron chi connectivity index (χ3n) is 10.4. The summed E-state index contributed by atoms with van der Waals surface area (Å²) in [6, 6.07) is 0. The number of rotatable bonds is 38. The predicted molar refractivity (Wildman–Crippen MR) is 215 cm³/mol. The van der Waals surface area contributed by atoms with Crippen LogP contribution < -0.4 is 0 Å². The van der Waals surface area contributed by atoms with Crippen LogP contribution in [0.2, 0.25) is 0 Å². The molecule has 9 nitrogen and oxygen atoms in total. The lowest BCUT2D eigenvalue weighted by Gasteiger charge is -2.39. The molecule has 1 fully saturated rings. The molecule has 0 bridgehead atoms. The molecule has 0 radical (unpaired) electrons. The van der Waals surface area contributed by atoms with E-state index < -0.39 is 43.4 Å². The SMILES string of the molecule is CCCCC/C=C\CCCCCCCCOCC(COC1OC(CO)C(O)C(O)C1O)OC(=O)CCCCCCCCCCCCCCCCCCC. The summed E-state index contributed by atoms with van der Waals surface area (Å²) >= 11 is 0. The molecule has 0 aromatic heterocycles. The van der Waals surface area contributed by atoms with Crippen LogP contribution in [0.25, 0.3) is 0 Å². The van der Waals surface area contributed by atoms with Gasteiger partial charge in [-0.05, 0) is 38.5 Å². The molecule has 0 amide bonds. The molecule has 0 aromatic rings. The van der Waals surface area contributed by atoms with E-state index in [0.29, 0.717) is 13.0 Å². The maximum atomic E-state index is 12.8. The molecule has 9 heteroatoms. The van der Waals surface area contributed by atoms with Gasteiger partial charge in [0, 0.05) is 13.0 Å². The maximum absolute atomic E-state index is 12.8. The van der Waals surface area contributed by atoms with Crippen LogP contribution in [0.1, 0.15) is 200 Å². The van der Waals surface area contributed by atoms with E-state index in [4.69, 9.17) is 18.9 Å². The fraction of sp³-hybridized carbons (Fsp3) is 0.932. The Balaban J connectivity index is 2.25. The van der Waals surface area contributed by atoms with Gasteiger partial charge in [0.15, 0.2) is 6.29 Å². The van der Waals surface area contributed by atoms with Gasteiger partial charge < -0.3 is 39.4 Å². The van der Waals surface area contributed by atoms with Crippen LogP contribution in [0.15, 0.2) is 12.2 Å². The zero-order valence-electron chi connectivity index (χ0n) is 34.3. The van der Waals surface area contributed by atoms with Gasteiger partial charge in [-0.15, -0.1) is 0 Å². The molecule has 0 saturated carbocycles. The van der Waals surface area contributed by atoms with Gasteiger partial charge in [0.05, 0.1) is 19.8 Å². The lowest BCUT2D eigenvalue weighted by atomic mass is 9.99. The van der Waals surface area contributed by atoms with Gasteiger partial charge >= 0.3 is 5.97 Å². The summed E-state index contributed by atoms with van der Waals surface area (Å²) in [7, 11) is 0. The van der Waals surface area contributed by atoms with Crippen molar-refractivity contribution in [2.45, 2.75) is 237 Å². The third-order valence-corrected chi connectivity index (χ3v) is 10.4. The number of carbonyl (C=O) groups excluding carboxylic acids is 1. The monoisotopic (exact) mass is 757 g/mol. The van der Waals surface area contributed by atoms with Crippen molar-refractivity contribution in [3.05, 3.63) is 12.2 Å². The van der Waals surface area contributed by atoms with Crippen molar-refractivity contribution in [2.75, 3.05) is 26.4 Å². The molecule has 1 heterocycles. The minimum atomic E-state index is -1.53. The van der Waals surface area contributed by atoms with E-state index in [9.17, 15) is 25.2 Å². The number of allylic oxidation sites excluding steroid dienone is 2. The molecule has 1 aliphatic rings. The summed E-state index contributed by atoms with van der Waals surface area (Å²) in [4.78, 5) is 12.8. The second-order valence-electron chi connectivity index (χ2n) is 15.5. The number of hydrogen-bond acceptors (Lipinski definition) is 9. The Kier molecular flexibility index (Phi) is 34.5. The van der Waals surface area contributed by atoms with Crippen molar-refractivity contribution in [3.8, 4) is 0 Å². The number of esters is 1. The first-order valence-corrected chi connectivity index (χ1v) is 22.3. The fourth-order valence-electron chi connectivity index (χ4n) is 6.90. The van der Waals surface area contributed by atoms with Crippen molar-refractivity contribution < 1.29 is 44.2 Å². The lowest BCUT2D eigenvalue weighted by Crippen LogP contribution is -2.59. The molecule has 314 valence electrons. The highest BCUT2D eigenvalue weighted by Gasteiger charge is 2.44. The van der Waals surface area contributed by atoms with Crippen LogP contribution >= 0.6 is 0 Å². The summed E-state index contributed by atoms with van der Waals surface area (Å²) in [5, 5.41) is 40.1. The maximum Gasteiger partial charge on any atom is 0.306 e. The van der Waals surface area contributed by atoms with E-state index >= 15 is 0 Å². The van der Waals surface area contributed by atoms with E-state index in [-0.39, 0.29) is 19.2 Å². The van der Waals surface area contributed by atoms with E-state index in [2.05, 4.69) is 26.0 Å². The first kappa shape index (κ1) is 49.9. The van der Waals surface area contributed by atoms with Gasteiger partial charge in [-0.2, -0.15) is 0 Å². The van der Waals surface area contributed by atoms with Gasteiger partial charge in [0.1, 0.15) is 30.5 Å². The largest absolute Gasteiger partial charge is 0.457 e. The van der Waals surface area contributed by atoms with Gasteiger partial charge in [-0.3, -0.25) is 4.79 Å². The Morgan fingerprint density at radius 2 is 1.04 bits per heavy atom. The Bertz CT molecular complexity index is 823. The van der Waals surface area contributed by atoms with Gasteiger partial charge in [0.25, 0.3) is 0 Å². The topological polar surface area (TPSA) is 135 Å². The smallest absolute Gasteiger partial charge is 0.306 e. The normalized spacial score (nSPS) is 21.1.